The van der Waals surface area contributed by atoms with Crippen LogP contribution in [0.25, 0.3) is 11.0 Å². The van der Waals surface area contributed by atoms with Crippen LogP contribution in [0, 0.1) is 5.92 Å². The van der Waals surface area contributed by atoms with Crippen molar-refractivity contribution in [2.24, 2.45) is 13.0 Å². The summed E-state index contributed by atoms with van der Waals surface area (Å²) in [7, 11) is 3.57. The fourth-order valence-corrected chi connectivity index (χ4v) is 2.22. The van der Waals surface area contributed by atoms with E-state index < -0.39 is 5.97 Å². The van der Waals surface area contributed by atoms with Crippen LogP contribution in [0.5, 0.6) is 5.75 Å². The second-order valence-corrected chi connectivity index (χ2v) is 4.85. The molecule has 0 aliphatic heterocycles. The Bertz CT molecular complexity index is 604. The highest BCUT2D eigenvalue weighted by Gasteiger charge is 2.14. The van der Waals surface area contributed by atoms with Gasteiger partial charge in [0.2, 0.25) is 0 Å². The Morgan fingerprint density at radius 2 is 2.26 bits per heavy atom. The summed E-state index contributed by atoms with van der Waals surface area (Å²) < 4.78 is 7.19. The zero-order valence-corrected chi connectivity index (χ0v) is 11.4. The summed E-state index contributed by atoms with van der Waals surface area (Å²) in [5.74, 6) is 0.968. The van der Waals surface area contributed by atoms with Crippen molar-refractivity contribution >= 4 is 17.0 Å². The SMILES string of the molecule is COc1ccc2c(c1)nc(CC(C)CC(=O)O)n2C. The average molecular weight is 262 g/mol. The predicted octanol–water partition coefficient (Wildman–Crippen LogP) is 2.24. The summed E-state index contributed by atoms with van der Waals surface area (Å²) in [5.41, 5.74) is 1.90. The molecule has 19 heavy (non-hydrogen) atoms. The molecule has 1 aromatic carbocycles. The Hall–Kier alpha value is -2.04. The minimum atomic E-state index is -0.770. The van der Waals surface area contributed by atoms with Crippen LogP contribution >= 0.6 is 0 Å². The van der Waals surface area contributed by atoms with Gasteiger partial charge in [-0.3, -0.25) is 4.79 Å². The van der Waals surface area contributed by atoms with Crippen LogP contribution in [0.4, 0.5) is 0 Å². The van der Waals surface area contributed by atoms with Crippen molar-refractivity contribution in [1.82, 2.24) is 9.55 Å². The lowest BCUT2D eigenvalue weighted by Crippen LogP contribution is -2.10. The molecule has 1 heterocycles. The number of imidazole rings is 1. The first-order valence-electron chi connectivity index (χ1n) is 6.22. The molecule has 2 aromatic rings. The molecule has 102 valence electrons. The number of hydrogen-bond acceptors (Lipinski definition) is 3. The topological polar surface area (TPSA) is 64.3 Å². The summed E-state index contributed by atoms with van der Waals surface area (Å²) in [6, 6.07) is 5.75. The van der Waals surface area contributed by atoms with Gasteiger partial charge < -0.3 is 14.4 Å². The highest BCUT2D eigenvalue weighted by atomic mass is 16.5. The van der Waals surface area contributed by atoms with Gasteiger partial charge in [-0.15, -0.1) is 0 Å². The van der Waals surface area contributed by atoms with Gasteiger partial charge in [-0.05, 0) is 18.1 Å². The number of methoxy groups -OCH3 is 1. The summed E-state index contributed by atoms with van der Waals surface area (Å²) in [6.45, 7) is 1.92. The van der Waals surface area contributed by atoms with E-state index >= 15 is 0 Å². The highest BCUT2D eigenvalue weighted by Crippen LogP contribution is 2.22. The Morgan fingerprint density at radius 3 is 2.89 bits per heavy atom. The number of rotatable bonds is 5. The molecule has 1 atom stereocenters. The number of carboxylic acids is 1. The van der Waals surface area contributed by atoms with Crippen LogP contribution in [0.1, 0.15) is 19.2 Å². The Kier molecular flexibility index (Phi) is 3.74. The lowest BCUT2D eigenvalue weighted by Gasteiger charge is -2.08. The van der Waals surface area contributed by atoms with E-state index in [2.05, 4.69) is 4.98 Å². The van der Waals surface area contributed by atoms with E-state index in [1.54, 1.807) is 7.11 Å². The molecule has 5 heteroatoms. The van der Waals surface area contributed by atoms with E-state index in [-0.39, 0.29) is 12.3 Å². The smallest absolute Gasteiger partial charge is 0.303 e. The lowest BCUT2D eigenvalue weighted by molar-refractivity contribution is -0.137. The number of benzene rings is 1. The first kappa shape index (κ1) is 13.4. The van der Waals surface area contributed by atoms with Gasteiger partial charge in [0.15, 0.2) is 0 Å². The maximum Gasteiger partial charge on any atom is 0.303 e. The number of carboxylic acid groups (broad SMARTS) is 1. The molecule has 0 saturated carbocycles. The summed E-state index contributed by atoms with van der Waals surface area (Å²) in [4.78, 5) is 15.3. The molecule has 0 fully saturated rings. The number of aromatic nitrogens is 2. The van der Waals surface area contributed by atoms with E-state index in [1.807, 2.05) is 36.7 Å². The number of carbonyl (C=O) groups is 1. The van der Waals surface area contributed by atoms with Crippen molar-refractivity contribution in [3.8, 4) is 5.75 Å². The van der Waals surface area contributed by atoms with Crippen LogP contribution in [0.15, 0.2) is 18.2 Å². The van der Waals surface area contributed by atoms with Gasteiger partial charge in [0.05, 0.1) is 18.1 Å². The summed E-state index contributed by atoms with van der Waals surface area (Å²) in [5, 5.41) is 8.80. The molecule has 0 amide bonds. The number of aliphatic carboxylic acids is 1. The Morgan fingerprint density at radius 1 is 1.53 bits per heavy atom. The first-order valence-corrected chi connectivity index (χ1v) is 6.22. The van der Waals surface area contributed by atoms with Gasteiger partial charge in [-0.2, -0.15) is 0 Å². The minimum absolute atomic E-state index is 0.0647. The number of fused-ring (bicyclic) bond motifs is 1. The van der Waals surface area contributed by atoms with Crippen LogP contribution < -0.4 is 4.74 Å². The van der Waals surface area contributed by atoms with Gasteiger partial charge in [0, 0.05) is 26.0 Å². The average Bonchev–Trinajstić information content (AvgIpc) is 2.64. The quantitative estimate of drug-likeness (QED) is 0.897. The zero-order chi connectivity index (χ0) is 14.0. The zero-order valence-electron chi connectivity index (χ0n) is 11.4. The van der Waals surface area contributed by atoms with Crippen molar-refractivity contribution in [3.63, 3.8) is 0 Å². The number of aryl methyl sites for hydroxylation is 1. The van der Waals surface area contributed by atoms with E-state index in [0.29, 0.717) is 6.42 Å². The maximum absolute atomic E-state index is 10.7. The first-order chi connectivity index (χ1) is 9.01. The van der Waals surface area contributed by atoms with Crippen molar-refractivity contribution in [2.45, 2.75) is 19.8 Å². The fraction of sp³-hybridized carbons (Fsp3) is 0.429. The molecule has 5 nitrogen and oxygen atoms in total. The molecule has 0 spiro atoms. The van der Waals surface area contributed by atoms with Crippen molar-refractivity contribution < 1.29 is 14.6 Å². The normalized spacial score (nSPS) is 12.6. The van der Waals surface area contributed by atoms with Crippen LogP contribution in [0.2, 0.25) is 0 Å². The minimum Gasteiger partial charge on any atom is -0.497 e. The maximum atomic E-state index is 10.7. The molecule has 1 aromatic heterocycles. The monoisotopic (exact) mass is 262 g/mol. The molecule has 2 rings (SSSR count). The molecule has 0 radical (unpaired) electrons. The van der Waals surface area contributed by atoms with E-state index in [0.717, 1.165) is 22.6 Å². The summed E-state index contributed by atoms with van der Waals surface area (Å²) >= 11 is 0. The van der Waals surface area contributed by atoms with Crippen molar-refractivity contribution in [1.29, 1.82) is 0 Å². The second-order valence-electron chi connectivity index (χ2n) is 4.85. The van der Waals surface area contributed by atoms with Gasteiger partial charge in [-0.25, -0.2) is 4.98 Å². The third-order valence-electron chi connectivity index (χ3n) is 3.23. The van der Waals surface area contributed by atoms with Gasteiger partial charge in [0.1, 0.15) is 11.6 Å². The summed E-state index contributed by atoms with van der Waals surface area (Å²) in [6.07, 6.45) is 0.812. The van der Waals surface area contributed by atoms with Gasteiger partial charge >= 0.3 is 5.97 Å². The van der Waals surface area contributed by atoms with Crippen molar-refractivity contribution in [2.75, 3.05) is 7.11 Å². The number of ether oxygens (including phenoxy) is 1. The molecular weight excluding hydrogens is 244 g/mol. The molecule has 1 unspecified atom stereocenters. The molecule has 1 N–H and O–H groups in total. The van der Waals surface area contributed by atoms with E-state index in [9.17, 15) is 4.79 Å². The highest BCUT2D eigenvalue weighted by molar-refractivity contribution is 5.77. The van der Waals surface area contributed by atoms with Crippen molar-refractivity contribution in [3.05, 3.63) is 24.0 Å². The number of hydrogen-bond donors (Lipinski definition) is 1. The standard InChI is InChI=1S/C14H18N2O3/c1-9(7-14(17)18)6-13-15-11-8-10(19-3)4-5-12(11)16(13)2/h4-5,8-9H,6-7H2,1-3H3,(H,17,18). The van der Waals surface area contributed by atoms with Gasteiger partial charge in [-0.1, -0.05) is 6.92 Å². The van der Waals surface area contributed by atoms with Crippen LogP contribution in [0.3, 0.4) is 0 Å². The van der Waals surface area contributed by atoms with Crippen LogP contribution in [-0.2, 0) is 18.3 Å². The molecule has 0 aliphatic rings. The number of nitrogens with zero attached hydrogens (tertiary/aromatic N) is 2. The fourth-order valence-electron chi connectivity index (χ4n) is 2.22. The third kappa shape index (κ3) is 2.86. The largest absolute Gasteiger partial charge is 0.497 e. The van der Waals surface area contributed by atoms with E-state index in [4.69, 9.17) is 9.84 Å². The second kappa shape index (κ2) is 5.30. The van der Waals surface area contributed by atoms with Crippen LogP contribution in [-0.4, -0.2) is 27.7 Å². The molecular formula is C14H18N2O3. The molecule has 0 bridgehead atoms. The molecule has 0 saturated heterocycles. The Balaban J connectivity index is 2.28. The van der Waals surface area contributed by atoms with E-state index in [1.165, 1.54) is 0 Å². The third-order valence-corrected chi connectivity index (χ3v) is 3.23. The lowest BCUT2D eigenvalue weighted by atomic mass is 10.0. The Labute approximate surface area is 111 Å². The van der Waals surface area contributed by atoms with Gasteiger partial charge in [0.25, 0.3) is 0 Å². The predicted molar refractivity (Wildman–Crippen MR) is 72.4 cm³/mol. The molecule has 0 aliphatic carbocycles.